The van der Waals surface area contributed by atoms with Crippen molar-refractivity contribution in [2.45, 2.75) is 26.1 Å². The number of imidazole rings is 2. The van der Waals surface area contributed by atoms with Gasteiger partial charge in [0.2, 0.25) is 0 Å². The first-order valence-electron chi connectivity index (χ1n) is 7.22. The number of carbonyl (C=O) groups is 2. The van der Waals surface area contributed by atoms with Crippen LogP contribution in [-0.4, -0.2) is 63.6 Å². The average molecular weight is 400 g/mol. The molecule has 0 amide bonds. The van der Waals surface area contributed by atoms with Crippen molar-refractivity contribution in [2.75, 3.05) is 0 Å². The van der Waals surface area contributed by atoms with Crippen molar-refractivity contribution >= 4 is 23.6 Å². The average Bonchev–Trinajstić information content (AvgIpc) is 3.17. The number of carbonyl (C=O) groups excluding carboxylic acids is 2. The summed E-state index contributed by atoms with van der Waals surface area (Å²) in [4.78, 5) is 59.3. The van der Waals surface area contributed by atoms with Gasteiger partial charge in [-0.3, -0.25) is 0 Å². The smallest absolute Gasteiger partial charge is 0.379 e. The molecule has 2 aromatic rings. The van der Waals surface area contributed by atoms with Crippen LogP contribution < -0.4 is 9.68 Å². The van der Waals surface area contributed by atoms with E-state index in [-0.39, 0.29) is 11.6 Å². The van der Waals surface area contributed by atoms with Crippen LogP contribution in [0.15, 0.2) is 12.4 Å². The molecule has 2 N–H and O–H groups in total. The Labute approximate surface area is 153 Å². The maximum atomic E-state index is 11.8. The minimum atomic E-state index is -2.44. The third-order valence-corrected chi connectivity index (χ3v) is 3.19. The molecule has 0 fully saturated rings. The highest BCUT2D eigenvalue weighted by Gasteiger charge is 2.35. The van der Waals surface area contributed by atoms with E-state index in [1.54, 1.807) is 0 Å². The summed E-state index contributed by atoms with van der Waals surface area (Å²) < 4.78 is 1.12. The van der Waals surface area contributed by atoms with Gasteiger partial charge >= 0.3 is 23.6 Å². The fraction of sp³-hybridized carbons (Fsp3) is 0.333. The number of aliphatic hydroxyl groups excluding tert-OH is 2. The van der Waals surface area contributed by atoms with Crippen molar-refractivity contribution in [1.82, 2.24) is 19.4 Å². The predicted molar refractivity (Wildman–Crippen MR) is 82.4 cm³/mol. The summed E-state index contributed by atoms with van der Waals surface area (Å²) in [6.45, 7) is 2.51. The summed E-state index contributed by atoms with van der Waals surface area (Å²) in [5.41, 5.74) is 0. The summed E-state index contributed by atoms with van der Waals surface area (Å²) >= 11 is 0. The van der Waals surface area contributed by atoms with Crippen LogP contribution >= 0.6 is 0 Å². The van der Waals surface area contributed by atoms with E-state index in [0.717, 1.165) is 12.4 Å². The van der Waals surface area contributed by atoms with Crippen LogP contribution in [0.2, 0.25) is 0 Å². The Hall–Kier alpha value is -3.92. The van der Waals surface area contributed by atoms with E-state index >= 15 is 0 Å². The molecule has 2 heterocycles. The van der Waals surface area contributed by atoms with Gasteiger partial charge < -0.3 is 40.1 Å². The van der Waals surface area contributed by atoms with Gasteiger partial charge in [0.15, 0.2) is 12.2 Å². The second-order valence-corrected chi connectivity index (χ2v) is 5.17. The second-order valence-electron chi connectivity index (χ2n) is 5.17. The highest BCUT2D eigenvalue weighted by molar-refractivity contribution is 5.85. The first kappa shape index (κ1) is 20.4. The molecule has 0 spiro atoms. The fourth-order valence-corrected chi connectivity index (χ4v) is 1.80. The zero-order valence-corrected chi connectivity index (χ0v) is 14.2. The molecule has 0 aromatic carbocycles. The molecule has 150 valence electrons. The fourth-order valence-electron chi connectivity index (χ4n) is 1.80. The largest absolute Gasteiger partial charge is 0.385 e. The van der Waals surface area contributed by atoms with Crippen molar-refractivity contribution in [3.05, 3.63) is 44.3 Å². The topological polar surface area (TPSA) is 215 Å². The monoisotopic (exact) mass is 400 g/mol. The van der Waals surface area contributed by atoms with Gasteiger partial charge in [0, 0.05) is 13.8 Å². The molecular weight excluding hydrogens is 388 g/mol. The van der Waals surface area contributed by atoms with E-state index in [9.17, 15) is 40.0 Å². The SMILES string of the molecule is Cc1nc([N+](=O)[O-])cn1OC(=O)C(O)C(O)C(=O)On1cc([N+](=O)[O-])nc1C. The normalized spacial score (nSPS) is 12.9. The molecule has 2 unspecified atom stereocenters. The Morgan fingerprint density at radius 1 is 0.929 bits per heavy atom. The van der Waals surface area contributed by atoms with Crippen molar-refractivity contribution < 1.29 is 39.3 Å². The van der Waals surface area contributed by atoms with Crippen LogP contribution in [-0.2, 0) is 9.59 Å². The lowest BCUT2D eigenvalue weighted by Crippen LogP contribution is -2.46. The van der Waals surface area contributed by atoms with Gasteiger partial charge in [-0.05, 0) is 19.8 Å². The van der Waals surface area contributed by atoms with Crippen LogP contribution in [0.25, 0.3) is 0 Å². The van der Waals surface area contributed by atoms with Gasteiger partial charge in [-0.15, -0.1) is 9.46 Å². The van der Waals surface area contributed by atoms with E-state index in [2.05, 4.69) is 19.6 Å². The zero-order chi connectivity index (χ0) is 21.2. The highest BCUT2D eigenvalue weighted by Crippen LogP contribution is 2.11. The van der Waals surface area contributed by atoms with Gasteiger partial charge in [-0.2, -0.15) is 0 Å². The Kier molecular flexibility index (Phi) is 5.65. The molecule has 0 bridgehead atoms. The maximum Gasteiger partial charge on any atom is 0.385 e. The van der Waals surface area contributed by atoms with Gasteiger partial charge in [-0.1, -0.05) is 0 Å². The summed E-state index contributed by atoms with van der Waals surface area (Å²) in [7, 11) is 0. The van der Waals surface area contributed by atoms with E-state index in [1.807, 2.05) is 0 Å². The number of nitrogens with zero attached hydrogens (tertiary/aromatic N) is 6. The number of nitro groups is 2. The number of aromatic nitrogens is 4. The quantitative estimate of drug-likeness (QED) is 0.375. The molecule has 0 radical (unpaired) electrons. The molecule has 2 aromatic heterocycles. The van der Waals surface area contributed by atoms with Crippen molar-refractivity contribution in [2.24, 2.45) is 0 Å². The Morgan fingerprint density at radius 3 is 1.50 bits per heavy atom. The highest BCUT2D eigenvalue weighted by atomic mass is 16.7. The minimum Gasteiger partial charge on any atom is -0.379 e. The molecular formula is C12H12N6O10. The molecule has 28 heavy (non-hydrogen) atoms. The lowest BCUT2D eigenvalue weighted by Gasteiger charge is -2.15. The summed E-state index contributed by atoms with van der Waals surface area (Å²) in [6.07, 6.45) is -3.41. The first-order valence-corrected chi connectivity index (χ1v) is 7.22. The van der Waals surface area contributed by atoms with Crippen molar-refractivity contribution in [1.29, 1.82) is 0 Å². The van der Waals surface area contributed by atoms with E-state index in [1.165, 1.54) is 13.8 Å². The standard InChI is InChI=1S/C12H12N6O10/c1-5-13-7(17(23)24)3-15(5)27-11(21)9(19)10(20)12(22)28-16-4-8(18(25)26)14-6(16)2/h3-4,9-10,19-20H,1-2H3. The van der Waals surface area contributed by atoms with Gasteiger partial charge in [0.25, 0.3) is 11.6 Å². The number of hydrogen-bond acceptors (Lipinski definition) is 12. The third kappa shape index (κ3) is 4.24. The van der Waals surface area contributed by atoms with Gasteiger partial charge in [-0.25, -0.2) is 9.59 Å². The minimum absolute atomic E-state index is 0.120. The summed E-state index contributed by atoms with van der Waals surface area (Å²) in [5, 5.41) is 40.7. The molecule has 2 rings (SSSR count). The molecule has 2 atom stereocenters. The van der Waals surface area contributed by atoms with Crippen LogP contribution in [0.5, 0.6) is 0 Å². The van der Waals surface area contributed by atoms with E-state index in [4.69, 9.17) is 0 Å². The number of rotatable bonds is 7. The molecule has 0 saturated carbocycles. The lowest BCUT2D eigenvalue weighted by molar-refractivity contribution is -0.389. The number of aliphatic hydroxyl groups is 2. The van der Waals surface area contributed by atoms with Crippen molar-refractivity contribution in [3.63, 3.8) is 0 Å². The molecule has 0 aliphatic carbocycles. The number of aryl methyl sites for hydroxylation is 2. The van der Waals surface area contributed by atoms with Crippen molar-refractivity contribution in [3.8, 4) is 0 Å². The van der Waals surface area contributed by atoms with Crippen LogP contribution in [0.4, 0.5) is 11.6 Å². The van der Waals surface area contributed by atoms with Crippen LogP contribution in [0.1, 0.15) is 11.6 Å². The first-order chi connectivity index (χ1) is 13.0. The molecule has 16 nitrogen and oxygen atoms in total. The Bertz CT molecular complexity index is 873. The predicted octanol–water partition coefficient (Wildman–Crippen LogP) is -2.15. The summed E-state index contributed by atoms with van der Waals surface area (Å²) in [5.74, 6) is -4.62. The number of hydrogen-bond donors (Lipinski definition) is 2. The summed E-state index contributed by atoms with van der Waals surface area (Å²) in [6, 6.07) is 0. The Balaban J connectivity index is 2.05. The van der Waals surface area contributed by atoms with Crippen LogP contribution in [0.3, 0.4) is 0 Å². The third-order valence-electron chi connectivity index (χ3n) is 3.19. The molecule has 0 saturated heterocycles. The van der Waals surface area contributed by atoms with E-state index < -0.39 is 45.6 Å². The van der Waals surface area contributed by atoms with Gasteiger partial charge in [0.1, 0.15) is 12.4 Å². The zero-order valence-electron chi connectivity index (χ0n) is 14.2. The second kappa shape index (κ2) is 7.76. The molecule has 0 aliphatic heterocycles. The molecule has 0 aliphatic rings. The lowest BCUT2D eigenvalue weighted by atomic mass is 10.2. The Morgan fingerprint density at radius 2 is 1.25 bits per heavy atom. The van der Waals surface area contributed by atoms with Gasteiger partial charge in [0.05, 0.1) is 0 Å². The van der Waals surface area contributed by atoms with E-state index in [0.29, 0.717) is 9.46 Å². The molecule has 16 heteroatoms. The van der Waals surface area contributed by atoms with Crippen LogP contribution in [0, 0.1) is 34.1 Å². The maximum absolute atomic E-state index is 11.8.